The van der Waals surface area contributed by atoms with Crippen LogP contribution in [0.15, 0.2) is 0 Å². The summed E-state index contributed by atoms with van der Waals surface area (Å²) >= 11 is 6.40. The van der Waals surface area contributed by atoms with Crippen molar-refractivity contribution in [2.24, 2.45) is 0 Å². The number of hydrogen-bond donors (Lipinski definition) is 0. The van der Waals surface area contributed by atoms with Gasteiger partial charge in [0.15, 0.2) is 0 Å². The Labute approximate surface area is 142 Å². The van der Waals surface area contributed by atoms with E-state index in [9.17, 15) is 4.79 Å². The predicted octanol–water partition coefficient (Wildman–Crippen LogP) is 3.90. The van der Waals surface area contributed by atoms with Crippen LogP contribution in [0, 0.1) is 0 Å². The van der Waals surface area contributed by atoms with E-state index in [1.807, 2.05) is 20.8 Å². The highest BCUT2D eigenvalue weighted by Crippen LogP contribution is 2.40. The Hall–Kier alpha value is -1.36. The number of carbonyl (C=O) groups excluding carboxylic acids is 1. The van der Waals surface area contributed by atoms with Crippen LogP contribution in [-0.4, -0.2) is 39.7 Å². The molecule has 0 radical (unpaired) electrons. The number of carbonyl (C=O) groups is 1. The molecule has 1 aliphatic carbocycles. The van der Waals surface area contributed by atoms with Gasteiger partial charge < -0.3 is 9.64 Å². The molecule has 0 spiro atoms. The number of aromatic nitrogens is 2. The predicted molar refractivity (Wildman–Crippen MR) is 88.9 cm³/mol. The van der Waals surface area contributed by atoms with Gasteiger partial charge in [-0.25, -0.2) is 14.8 Å². The molecule has 3 rings (SSSR count). The molecule has 1 aromatic rings. The lowest BCUT2D eigenvalue weighted by Crippen LogP contribution is -2.38. The highest BCUT2D eigenvalue weighted by molar-refractivity contribution is 6.30. The summed E-state index contributed by atoms with van der Waals surface area (Å²) in [6.07, 6.45) is 2.69. The molecule has 2 heterocycles. The molecule has 1 saturated carbocycles. The van der Waals surface area contributed by atoms with Crippen molar-refractivity contribution < 1.29 is 9.53 Å². The molecule has 1 amide bonds. The van der Waals surface area contributed by atoms with E-state index in [1.165, 1.54) is 0 Å². The van der Waals surface area contributed by atoms with Gasteiger partial charge in [-0.2, -0.15) is 0 Å². The largest absolute Gasteiger partial charge is 0.444 e. The first-order valence-electron chi connectivity index (χ1n) is 8.28. The topological polar surface area (TPSA) is 55.3 Å². The van der Waals surface area contributed by atoms with Crippen LogP contribution in [0.1, 0.15) is 69.5 Å². The number of halogens is 1. The van der Waals surface area contributed by atoms with Crippen LogP contribution in [-0.2, 0) is 11.2 Å². The van der Waals surface area contributed by atoms with Gasteiger partial charge in [0.1, 0.15) is 16.6 Å². The average molecular weight is 338 g/mol. The molecule has 6 heteroatoms. The molecule has 126 valence electrons. The minimum atomic E-state index is -0.490. The van der Waals surface area contributed by atoms with Crippen LogP contribution >= 0.6 is 11.6 Å². The fraction of sp³-hybridized carbons (Fsp3) is 0.706. The molecule has 2 aliphatic rings. The van der Waals surface area contributed by atoms with Crippen molar-refractivity contribution in [2.45, 2.75) is 64.4 Å². The Balaban J connectivity index is 1.82. The third-order valence-corrected chi connectivity index (χ3v) is 4.51. The van der Waals surface area contributed by atoms with Gasteiger partial charge in [0, 0.05) is 30.5 Å². The second kappa shape index (κ2) is 5.93. The number of rotatable bonds is 1. The monoisotopic (exact) mass is 337 g/mol. The molecule has 1 atom stereocenters. The van der Waals surface area contributed by atoms with Crippen molar-refractivity contribution in [3.05, 3.63) is 22.2 Å². The number of ether oxygens (including phenoxy) is 1. The first kappa shape index (κ1) is 16.5. The van der Waals surface area contributed by atoms with E-state index in [1.54, 1.807) is 4.90 Å². The van der Waals surface area contributed by atoms with E-state index in [-0.39, 0.29) is 12.0 Å². The third-order valence-electron chi connectivity index (χ3n) is 4.19. The average Bonchev–Trinajstić information content (AvgIpc) is 3.25. The minimum absolute atomic E-state index is 0.123. The van der Waals surface area contributed by atoms with Gasteiger partial charge in [-0.15, -0.1) is 0 Å². The smallest absolute Gasteiger partial charge is 0.410 e. The van der Waals surface area contributed by atoms with E-state index >= 15 is 0 Å². The summed E-state index contributed by atoms with van der Waals surface area (Å²) in [5.74, 6) is 1.46. The summed E-state index contributed by atoms with van der Waals surface area (Å²) < 4.78 is 5.50. The van der Waals surface area contributed by atoms with Crippen LogP contribution < -0.4 is 0 Å². The summed E-state index contributed by atoms with van der Waals surface area (Å²) in [5, 5.41) is 0.551. The second-order valence-corrected chi connectivity index (χ2v) is 7.95. The Morgan fingerprint density at radius 3 is 2.61 bits per heavy atom. The van der Waals surface area contributed by atoms with E-state index < -0.39 is 5.60 Å². The van der Waals surface area contributed by atoms with Gasteiger partial charge in [-0.05, 0) is 40.0 Å². The van der Waals surface area contributed by atoms with Crippen LogP contribution in [0.3, 0.4) is 0 Å². The molecular weight excluding hydrogens is 314 g/mol. The molecule has 1 unspecified atom stereocenters. The van der Waals surface area contributed by atoms with Crippen LogP contribution in [0.4, 0.5) is 4.79 Å². The normalized spacial score (nSPS) is 21.6. The van der Waals surface area contributed by atoms with E-state index in [0.29, 0.717) is 30.6 Å². The zero-order valence-electron chi connectivity index (χ0n) is 14.2. The van der Waals surface area contributed by atoms with Crippen LogP contribution in [0.2, 0.25) is 5.15 Å². The Kier molecular flexibility index (Phi) is 4.25. The maximum absolute atomic E-state index is 12.4. The van der Waals surface area contributed by atoms with Gasteiger partial charge in [0.05, 0.1) is 5.69 Å². The zero-order valence-corrected chi connectivity index (χ0v) is 15.0. The molecule has 0 bridgehead atoms. The van der Waals surface area contributed by atoms with Gasteiger partial charge in [0.2, 0.25) is 0 Å². The van der Waals surface area contributed by atoms with Crippen LogP contribution in [0.25, 0.3) is 0 Å². The summed E-state index contributed by atoms with van der Waals surface area (Å²) in [7, 11) is 0. The molecule has 1 aromatic heterocycles. The second-order valence-electron chi connectivity index (χ2n) is 7.59. The molecule has 1 aliphatic heterocycles. The highest BCUT2D eigenvalue weighted by atomic mass is 35.5. The fourth-order valence-electron chi connectivity index (χ4n) is 2.90. The number of nitrogens with zero attached hydrogens (tertiary/aromatic N) is 3. The first-order valence-corrected chi connectivity index (χ1v) is 8.66. The number of hydrogen-bond acceptors (Lipinski definition) is 4. The number of fused-ring (bicyclic) bond motifs is 1. The molecular formula is C17H24ClN3O2. The quantitative estimate of drug-likeness (QED) is 0.729. The number of amides is 1. The summed E-state index contributed by atoms with van der Waals surface area (Å²) in [6.45, 7) is 8.90. The molecule has 0 aromatic carbocycles. The van der Waals surface area contributed by atoms with E-state index in [0.717, 1.165) is 29.9 Å². The summed E-state index contributed by atoms with van der Waals surface area (Å²) in [4.78, 5) is 23.4. The highest BCUT2D eigenvalue weighted by Gasteiger charge is 2.32. The van der Waals surface area contributed by atoms with Crippen molar-refractivity contribution in [3.63, 3.8) is 0 Å². The summed E-state index contributed by atoms with van der Waals surface area (Å²) in [6, 6.07) is 0. The van der Waals surface area contributed by atoms with Crippen molar-refractivity contribution in [3.8, 4) is 0 Å². The first-order chi connectivity index (χ1) is 10.7. The SMILES string of the molecule is CC1CN(C(=O)OC(C)(C)C)CCc2c(Cl)nc(C3CC3)nc21. The minimum Gasteiger partial charge on any atom is -0.444 e. The van der Waals surface area contributed by atoms with Gasteiger partial charge >= 0.3 is 6.09 Å². The van der Waals surface area contributed by atoms with Crippen LogP contribution in [0.5, 0.6) is 0 Å². The Morgan fingerprint density at radius 2 is 2.00 bits per heavy atom. The Morgan fingerprint density at radius 1 is 1.30 bits per heavy atom. The maximum atomic E-state index is 12.4. The lowest BCUT2D eigenvalue weighted by Gasteiger charge is -2.27. The van der Waals surface area contributed by atoms with Gasteiger partial charge in [-0.3, -0.25) is 0 Å². The molecule has 5 nitrogen and oxygen atoms in total. The molecule has 0 N–H and O–H groups in total. The van der Waals surface area contributed by atoms with Crippen molar-refractivity contribution >= 4 is 17.7 Å². The lowest BCUT2D eigenvalue weighted by atomic mass is 10.0. The molecule has 0 saturated heterocycles. The van der Waals surface area contributed by atoms with Crippen molar-refractivity contribution in [2.75, 3.05) is 13.1 Å². The van der Waals surface area contributed by atoms with Crippen molar-refractivity contribution in [1.82, 2.24) is 14.9 Å². The van der Waals surface area contributed by atoms with E-state index in [4.69, 9.17) is 21.3 Å². The fourth-order valence-corrected chi connectivity index (χ4v) is 3.18. The third kappa shape index (κ3) is 3.77. The zero-order chi connectivity index (χ0) is 16.8. The lowest BCUT2D eigenvalue weighted by molar-refractivity contribution is 0.0248. The summed E-state index contributed by atoms with van der Waals surface area (Å²) in [5.41, 5.74) is 1.49. The molecule has 23 heavy (non-hydrogen) atoms. The maximum Gasteiger partial charge on any atom is 0.410 e. The van der Waals surface area contributed by atoms with Gasteiger partial charge in [-0.1, -0.05) is 18.5 Å². The standard InChI is InChI=1S/C17H24ClN3O2/c1-10-9-21(16(22)23-17(2,3)4)8-7-12-13(10)19-15(11-5-6-11)20-14(12)18/h10-11H,5-9H2,1-4H3. The van der Waals surface area contributed by atoms with E-state index in [2.05, 4.69) is 11.9 Å². The van der Waals surface area contributed by atoms with Crippen molar-refractivity contribution in [1.29, 1.82) is 0 Å². The van der Waals surface area contributed by atoms with Gasteiger partial charge in [0.25, 0.3) is 0 Å². The molecule has 1 fully saturated rings. The Bertz CT molecular complexity index is 623.